The SMILES string of the molecule is C=CC[N+](CC=C)(CC=C)CC=C.[K+].[OH-].[OH-]. The van der Waals surface area contributed by atoms with E-state index in [2.05, 4.69) is 26.3 Å². The minimum absolute atomic E-state index is 0. The third-order valence-corrected chi connectivity index (χ3v) is 2.07. The molecule has 0 bridgehead atoms. The van der Waals surface area contributed by atoms with E-state index in [9.17, 15) is 0 Å². The van der Waals surface area contributed by atoms with Crippen molar-refractivity contribution in [1.82, 2.24) is 0 Å². The van der Waals surface area contributed by atoms with E-state index in [1.807, 2.05) is 24.3 Å². The number of rotatable bonds is 8. The maximum absolute atomic E-state index is 3.77. The summed E-state index contributed by atoms with van der Waals surface area (Å²) >= 11 is 0. The number of quaternary nitrogens is 1. The molecule has 0 unspecified atom stereocenters. The first-order chi connectivity index (χ1) is 6.24. The molecule has 0 amide bonds. The Hall–Kier alpha value is 0.476. The number of nitrogens with zero attached hydrogens (tertiary/aromatic N) is 1. The van der Waals surface area contributed by atoms with Crippen LogP contribution in [0.3, 0.4) is 0 Å². The molecule has 16 heavy (non-hydrogen) atoms. The van der Waals surface area contributed by atoms with Crippen molar-refractivity contribution in [3.63, 3.8) is 0 Å². The maximum atomic E-state index is 3.77. The summed E-state index contributed by atoms with van der Waals surface area (Å²) in [5.74, 6) is 0. The third-order valence-electron chi connectivity index (χ3n) is 2.07. The average Bonchev–Trinajstić information content (AvgIpc) is 2.06. The van der Waals surface area contributed by atoms with Gasteiger partial charge in [0.15, 0.2) is 0 Å². The quantitative estimate of drug-likeness (QED) is 0.322. The summed E-state index contributed by atoms with van der Waals surface area (Å²) in [5, 5.41) is 0. The van der Waals surface area contributed by atoms with E-state index in [1.54, 1.807) is 0 Å². The predicted molar refractivity (Wildman–Crippen MR) is 64.4 cm³/mol. The standard InChI is InChI=1S/C12H20N.K.2H2O/c1-5-9-13(10-6-2,11-7-3)12-8-4;;;/h5-8H,1-4,9-12H2;;2*1H2/q2*+1;;/p-2. The monoisotopic (exact) mass is 251 g/mol. The Morgan fingerprint density at radius 1 is 0.625 bits per heavy atom. The van der Waals surface area contributed by atoms with Gasteiger partial charge in [0.25, 0.3) is 0 Å². The van der Waals surface area contributed by atoms with Crippen LogP contribution in [0, 0.1) is 0 Å². The molecule has 0 radical (unpaired) electrons. The second kappa shape index (κ2) is 15.5. The summed E-state index contributed by atoms with van der Waals surface area (Å²) in [7, 11) is 0. The van der Waals surface area contributed by atoms with Gasteiger partial charge >= 0.3 is 51.4 Å². The fourth-order valence-corrected chi connectivity index (χ4v) is 1.54. The molecule has 0 aromatic carbocycles. The Labute approximate surface area is 142 Å². The van der Waals surface area contributed by atoms with E-state index in [4.69, 9.17) is 0 Å². The second-order valence-corrected chi connectivity index (χ2v) is 3.23. The van der Waals surface area contributed by atoms with E-state index in [0.717, 1.165) is 30.7 Å². The van der Waals surface area contributed by atoms with Crippen LogP contribution < -0.4 is 51.4 Å². The summed E-state index contributed by atoms with van der Waals surface area (Å²) in [4.78, 5) is 0. The zero-order valence-electron chi connectivity index (χ0n) is 10.3. The van der Waals surface area contributed by atoms with Crippen LogP contribution in [-0.2, 0) is 0 Å². The number of hydrogen-bond acceptors (Lipinski definition) is 2. The topological polar surface area (TPSA) is 60.0 Å². The summed E-state index contributed by atoms with van der Waals surface area (Å²) in [6.07, 6.45) is 7.76. The molecule has 0 atom stereocenters. The smallest absolute Gasteiger partial charge is 0.870 e. The van der Waals surface area contributed by atoms with Crippen LogP contribution in [0.1, 0.15) is 0 Å². The van der Waals surface area contributed by atoms with Gasteiger partial charge in [-0.1, -0.05) is 26.3 Å². The fraction of sp³-hybridized carbons (Fsp3) is 0.333. The Bertz CT molecular complexity index is 160. The van der Waals surface area contributed by atoms with Gasteiger partial charge in [-0.15, -0.1) is 0 Å². The minimum Gasteiger partial charge on any atom is -0.870 e. The van der Waals surface area contributed by atoms with Crippen molar-refractivity contribution >= 4 is 0 Å². The van der Waals surface area contributed by atoms with E-state index in [0.29, 0.717) is 0 Å². The molecule has 4 heteroatoms. The van der Waals surface area contributed by atoms with Gasteiger partial charge in [-0.2, -0.15) is 0 Å². The first-order valence-corrected chi connectivity index (χ1v) is 4.53. The van der Waals surface area contributed by atoms with E-state index >= 15 is 0 Å². The molecule has 0 heterocycles. The number of hydrogen-bond donors (Lipinski definition) is 0. The van der Waals surface area contributed by atoms with Crippen molar-refractivity contribution in [3.8, 4) is 0 Å². The van der Waals surface area contributed by atoms with Crippen LogP contribution in [0.4, 0.5) is 0 Å². The van der Waals surface area contributed by atoms with Crippen molar-refractivity contribution in [3.05, 3.63) is 50.6 Å². The van der Waals surface area contributed by atoms with E-state index in [-0.39, 0.29) is 62.3 Å². The van der Waals surface area contributed by atoms with Gasteiger partial charge in [0.2, 0.25) is 0 Å². The van der Waals surface area contributed by atoms with Crippen molar-refractivity contribution < 1.29 is 66.8 Å². The van der Waals surface area contributed by atoms with Crippen molar-refractivity contribution in [2.24, 2.45) is 0 Å². The van der Waals surface area contributed by atoms with E-state index < -0.39 is 0 Å². The van der Waals surface area contributed by atoms with Gasteiger partial charge in [-0.3, -0.25) is 0 Å². The molecule has 2 N–H and O–H groups in total. The van der Waals surface area contributed by atoms with Crippen molar-refractivity contribution in [2.75, 3.05) is 26.2 Å². The average molecular weight is 251 g/mol. The first kappa shape index (κ1) is 25.4. The molecule has 3 nitrogen and oxygen atoms in total. The van der Waals surface area contributed by atoms with E-state index in [1.165, 1.54) is 0 Å². The summed E-state index contributed by atoms with van der Waals surface area (Å²) in [6.45, 7) is 18.8. The zero-order chi connectivity index (χ0) is 10.2. The van der Waals surface area contributed by atoms with Crippen molar-refractivity contribution in [1.29, 1.82) is 0 Å². The third kappa shape index (κ3) is 9.68. The molecular formula is C12H22KNO2. The Balaban J connectivity index is -0.000000240. The van der Waals surface area contributed by atoms with Crippen LogP contribution in [-0.4, -0.2) is 41.6 Å². The van der Waals surface area contributed by atoms with Gasteiger partial charge in [0.1, 0.15) is 0 Å². The molecule has 0 saturated heterocycles. The first-order valence-electron chi connectivity index (χ1n) is 4.53. The van der Waals surface area contributed by atoms with Gasteiger partial charge in [0, 0.05) is 0 Å². The van der Waals surface area contributed by atoms with Crippen LogP contribution in [0.2, 0.25) is 0 Å². The largest absolute Gasteiger partial charge is 1.00 e. The van der Waals surface area contributed by atoms with Gasteiger partial charge in [0.05, 0.1) is 26.2 Å². The molecule has 0 aliphatic carbocycles. The van der Waals surface area contributed by atoms with Crippen LogP contribution in [0.15, 0.2) is 50.6 Å². The van der Waals surface area contributed by atoms with Gasteiger partial charge < -0.3 is 15.4 Å². The molecule has 0 spiro atoms. The molecule has 0 aromatic rings. The molecule has 88 valence electrons. The van der Waals surface area contributed by atoms with Crippen LogP contribution >= 0.6 is 0 Å². The maximum Gasteiger partial charge on any atom is 1.00 e. The van der Waals surface area contributed by atoms with Crippen LogP contribution in [0.5, 0.6) is 0 Å². The second-order valence-electron chi connectivity index (χ2n) is 3.23. The molecule has 0 rings (SSSR count). The minimum atomic E-state index is 0. The molecule has 0 aromatic heterocycles. The predicted octanol–water partition coefficient (Wildman–Crippen LogP) is -0.802. The zero-order valence-corrected chi connectivity index (χ0v) is 13.4. The Morgan fingerprint density at radius 3 is 0.938 bits per heavy atom. The van der Waals surface area contributed by atoms with Gasteiger partial charge in [-0.25, -0.2) is 0 Å². The molecule has 0 fully saturated rings. The van der Waals surface area contributed by atoms with Crippen molar-refractivity contribution in [2.45, 2.75) is 0 Å². The molecular weight excluding hydrogens is 229 g/mol. The normalized spacial score (nSPS) is 8.50. The molecule has 0 aliphatic rings. The van der Waals surface area contributed by atoms with Crippen LogP contribution in [0.25, 0.3) is 0 Å². The Morgan fingerprint density at radius 2 is 0.812 bits per heavy atom. The summed E-state index contributed by atoms with van der Waals surface area (Å²) in [6, 6.07) is 0. The molecule has 0 saturated carbocycles. The summed E-state index contributed by atoms with van der Waals surface area (Å²) < 4.78 is 0.903. The summed E-state index contributed by atoms with van der Waals surface area (Å²) in [5.41, 5.74) is 0. The molecule has 0 aliphatic heterocycles. The fourth-order valence-electron chi connectivity index (χ4n) is 1.54. The van der Waals surface area contributed by atoms with Gasteiger partial charge in [-0.05, 0) is 24.3 Å². The Kier molecular flexibility index (Phi) is 24.5.